The number of benzene rings is 1. The van der Waals surface area contributed by atoms with Crippen molar-refractivity contribution in [2.24, 2.45) is 5.73 Å². The maximum atomic E-state index is 13.4. The molecule has 2 rings (SSSR count). The highest BCUT2D eigenvalue weighted by Gasteiger charge is 2.35. The molecule has 1 aliphatic heterocycles. The predicted molar refractivity (Wildman–Crippen MR) is 79.5 cm³/mol. The SMILES string of the molecule is CCC1CCCN1S(=O)(=O)c1ccc(F)cc1C#CCN. The van der Waals surface area contributed by atoms with Crippen molar-refractivity contribution in [3.63, 3.8) is 0 Å². The molecule has 6 heteroatoms. The normalized spacial score (nSPS) is 19.3. The van der Waals surface area contributed by atoms with Gasteiger partial charge in [0.1, 0.15) is 5.82 Å². The molecule has 1 aromatic carbocycles. The van der Waals surface area contributed by atoms with Crippen LogP contribution in [0.3, 0.4) is 0 Å². The Balaban J connectivity index is 2.49. The fourth-order valence-electron chi connectivity index (χ4n) is 2.63. The summed E-state index contributed by atoms with van der Waals surface area (Å²) in [6.07, 6.45) is 2.48. The Bertz CT molecular complexity index is 677. The third-order valence-corrected chi connectivity index (χ3v) is 5.66. The maximum absolute atomic E-state index is 13.4. The highest BCUT2D eigenvalue weighted by molar-refractivity contribution is 7.89. The molecule has 1 saturated heterocycles. The van der Waals surface area contributed by atoms with Crippen LogP contribution in [-0.2, 0) is 10.0 Å². The monoisotopic (exact) mass is 310 g/mol. The minimum absolute atomic E-state index is 0.00960. The van der Waals surface area contributed by atoms with Gasteiger partial charge in [0.2, 0.25) is 10.0 Å². The van der Waals surface area contributed by atoms with Gasteiger partial charge in [0, 0.05) is 18.2 Å². The Hall–Kier alpha value is -1.42. The summed E-state index contributed by atoms with van der Waals surface area (Å²) in [5, 5.41) is 0. The lowest BCUT2D eigenvalue weighted by atomic mass is 10.2. The van der Waals surface area contributed by atoms with Crippen LogP contribution in [-0.4, -0.2) is 31.9 Å². The van der Waals surface area contributed by atoms with Gasteiger partial charge in [-0.2, -0.15) is 4.31 Å². The van der Waals surface area contributed by atoms with E-state index in [1.165, 1.54) is 10.4 Å². The summed E-state index contributed by atoms with van der Waals surface area (Å²) in [5.41, 5.74) is 5.48. The van der Waals surface area contributed by atoms with Crippen LogP contribution in [0.15, 0.2) is 23.1 Å². The molecular weight excluding hydrogens is 291 g/mol. The van der Waals surface area contributed by atoms with Crippen LogP contribution in [0.4, 0.5) is 4.39 Å². The molecule has 1 aromatic rings. The average molecular weight is 310 g/mol. The number of hydrogen-bond donors (Lipinski definition) is 1. The number of rotatable bonds is 3. The van der Waals surface area contributed by atoms with Crippen LogP contribution >= 0.6 is 0 Å². The van der Waals surface area contributed by atoms with Gasteiger partial charge in [0.05, 0.1) is 11.4 Å². The number of nitrogens with two attached hydrogens (primary N) is 1. The van der Waals surface area contributed by atoms with Crippen LogP contribution in [0.25, 0.3) is 0 Å². The molecule has 1 unspecified atom stereocenters. The standard InChI is InChI=1S/C15H19FN2O2S/c1-2-14-6-4-10-18(14)21(19,20)15-8-7-13(16)11-12(15)5-3-9-17/h7-8,11,14H,2,4,6,9-10,17H2,1H3. The molecule has 21 heavy (non-hydrogen) atoms. The summed E-state index contributed by atoms with van der Waals surface area (Å²) in [6, 6.07) is 3.59. The van der Waals surface area contributed by atoms with E-state index in [0.29, 0.717) is 6.54 Å². The van der Waals surface area contributed by atoms with Gasteiger partial charge >= 0.3 is 0 Å². The van der Waals surface area contributed by atoms with Gasteiger partial charge in [0.25, 0.3) is 0 Å². The Labute approximate surface area is 125 Å². The smallest absolute Gasteiger partial charge is 0.244 e. The van der Waals surface area contributed by atoms with Crippen LogP contribution in [0, 0.1) is 17.7 Å². The van der Waals surface area contributed by atoms with E-state index in [1.807, 2.05) is 6.92 Å². The average Bonchev–Trinajstić information content (AvgIpc) is 2.94. The van der Waals surface area contributed by atoms with Crippen molar-refractivity contribution in [3.05, 3.63) is 29.6 Å². The molecule has 0 saturated carbocycles. The highest BCUT2D eigenvalue weighted by Crippen LogP contribution is 2.29. The first-order valence-electron chi connectivity index (χ1n) is 7.01. The van der Waals surface area contributed by atoms with Crippen molar-refractivity contribution in [2.45, 2.75) is 37.1 Å². The first-order chi connectivity index (χ1) is 10.0. The Morgan fingerprint density at radius 3 is 2.90 bits per heavy atom. The molecule has 0 aromatic heterocycles. The summed E-state index contributed by atoms with van der Waals surface area (Å²) in [6.45, 7) is 2.57. The van der Waals surface area contributed by atoms with Crippen LogP contribution in [0.2, 0.25) is 0 Å². The minimum atomic E-state index is -3.65. The van der Waals surface area contributed by atoms with E-state index in [2.05, 4.69) is 11.8 Å². The molecule has 1 aliphatic rings. The molecular formula is C15H19FN2O2S. The third kappa shape index (κ3) is 3.26. The summed E-state index contributed by atoms with van der Waals surface area (Å²) in [5.74, 6) is 4.73. The summed E-state index contributed by atoms with van der Waals surface area (Å²) < 4.78 is 40.5. The van der Waals surface area contributed by atoms with Crippen molar-refractivity contribution in [1.82, 2.24) is 4.31 Å². The van der Waals surface area contributed by atoms with Crippen LogP contribution in [0.5, 0.6) is 0 Å². The van der Waals surface area contributed by atoms with E-state index in [0.717, 1.165) is 31.4 Å². The third-order valence-electron chi connectivity index (χ3n) is 3.65. The van der Waals surface area contributed by atoms with Crippen molar-refractivity contribution in [2.75, 3.05) is 13.1 Å². The summed E-state index contributed by atoms with van der Waals surface area (Å²) in [4.78, 5) is 0.0604. The molecule has 2 N–H and O–H groups in total. The van der Waals surface area contributed by atoms with E-state index in [1.54, 1.807) is 0 Å². The second-order valence-electron chi connectivity index (χ2n) is 4.97. The first kappa shape index (κ1) is 16.0. The minimum Gasteiger partial charge on any atom is -0.320 e. The number of hydrogen-bond acceptors (Lipinski definition) is 3. The van der Waals surface area contributed by atoms with Gasteiger partial charge in [0.15, 0.2) is 0 Å². The van der Waals surface area contributed by atoms with E-state index in [-0.39, 0.29) is 23.0 Å². The largest absolute Gasteiger partial charge is 0.320 e. The highest BCUT2D eigenvalue weighted by atomic mass is 32.2. The van der Waals surface area contributed by atoms with Crippen molar-refractivity contribution in [3.8, 4) is 11.8 Å². The number of halogens is 1. The van der Waals surface area contributed by atoms with Gasteiger partial charge in [-0.3, -0.25) is 0 Å². The number of nitrogens with zero attached hydrogens (tertiary/aromatic N) is 1. The number of sulfonamides is 1. The lowest BCUT2D eigenvalue weighted by molar-refractivity contribution is 0.379. The zero-order valence-corrected chi connectivity index (χ0v) is 12.8. The summed E-state index contributed by atoms with van der Waals surface area (Å²) in [7, 11) is -3.65. The zero-order valence-electron chi connectivity index (χ0n) is 12.0. The van der Waals surface area contributed by atoms with Crippen molar-refractivity contribution < 1.29 is 12.8 Å². The molecule has 114 valence electrons. The Morgan fingerprint density at radius 1 is 1.48 bits per heavy atom. The van der Waals surface area contributed by atoms with E-state index in [4.69, 9.17) is 5.73 Å². The maximum Gasteiger partial charge on any atom is 0.244 e. The lowest BCUT2D eigenvalue weighted by Gasteiger charge is -2.23. The second kappa shape index (κ2) is 6.56. The molecule has 0 aliphatic carbocycles. The Kier molecular flexibility index (Phi) is 4.99. The molecule has 0 bridgehead atoms. The zero-order chi connectivity index (χ0) is 15.5. The predicted octanol–water partition coefficient (Wildman–Crippen LogP) is 1.70. The van der Waals surface area contributed by atoms with Crippen molar-refractivity contribution in [1.29, 1.82) is 0 Å². The van der Waals surface area contributed by atoms with E-state index < -0.39 is 15.8 Å². The molecule has 0 spiro atoms. The van der Waals surface area contributed by atoms with Gasteiger partial charge in [-0.1, -0.05) is 18.8 Å². The Morgan fingerprint density at radius 2 is 2.24 bits per heavy atom. The van der Waals surface area contributed by atoms with Gasteiger partial charge < -0.3 is 5.73 Å². The van der Waals surface area contributed by atoms with Crippen LogP contribution < -0.4 is 5.73 Å². The van der Waals surface area contributed by atoms with E-state index in [9.17, 15) is 12.8 Å². The second-order valence-corrected chi connectivity index (χ2v) is 6.83. The van der Waals surface area contributed by atoms with E-state index >= 15 is 0 Å². The topological polar surface area (TPSA) is 63.4 Å². The van der Waals surface area contributed by atoms with Crippen LogP contribution in [0.1, 0.15) is 31.7 Å². The molecule has 1 heterocycles. The quantitative estimate of drug-likeness (QED) is 0.864. The first-order valence-corrected chi connectivity index (χ1v) is 8.45. The molecule has 4 nitrogen and oxygen atoms in total. The summed E-state index contributed by atoms with van der Waals surface area (Å²) >= 11 is 0. The van der Waals surface area contributed by atoms with Gasteiger partial charge in [-0.05, 0) is 37.5 Å². The molecule has 0 amide bonds. The molecule has 0 radical (unpaired) electrons. The van der Waals surface area contributed by atoms with Gasteiger partial charge in [-0.15, -0.1) is 0 Å². The fraction of sp³-hybridized carbons (Fsp3) is 0.467. The van der Waals surface area contributed by atoms with Gasteiger partial charge in [-0.25, -0.2) is 12.8 Å². The van der Waals surface area contributed by atoms with Crippen molar-refractivity contribution >= 4 is 10.0 Å². The molecule has 1 fully saturated rings. The molecule has 1 atom stereocenters. The lowest BCUT2D eigenvalue weighted by Crippen LogP contribution is -2.35. The fourth-order valence-corrected chi connectivity index (χ4v) is 4.53.